The van der Waals surface area contributed by atoms with E-state index in [0.29, 0.717) is 12.5 Å². The summed E-state index contributed by atoms with van der Waals surface area (Å²) in [7, 11) is 4.12. The van der Waals surface area contributed by atoms with E-state index in [2.05, 4.69) is 37.8 Å². The predicted octanol–water partition coefficient (Wildman–Crippen LogP) is 1.32. The molecule has 0 unspecified atom stereocenters. The summed E-state index contributed by atoms with van der Waals surface area (Å²) in [6.45, 7) is 8.22. The highest BCUT2D eigenvalue weighted by atomic mass is 15.4. The zero-order chi connectivity index (χ0) is 12.3. The van der Waals surface area contributed by atoms with Crippen molar-refractivity contribution < 1.29 is 0 Å². The molecule has 0 amide bonds. The molecular formula is C12H24N4. The summed E-state index contributed by atoms with van der Waals surface area (Å²) in [6.07, 6.45) is 0.900. The molecule has 0 saturated carbocycles. The van der Waals surface area contributed by atoms with Gasteiger partial charge in [-0.25, -0.2) is 0 Å². The Labute approximate surface area is 98.4 Å². The molecule has 1 heterocycles. The molecule has 1 aromatic heterocycles. The minimum Gasteiger partial charge on any atom is -0.359 e. The van der Waals surface area contributed by atoms with Gasteiger partial charge in [-0.3, -0.25) is 4.68 Å². The first kappa shape index (κ1) is 13.0. The summed E-state index contributed by atoms with van der Waals surface area (Å²) in [5.74, 6) is 1.85. The summed E-state index contributed by atoms with van der Waals surface area (Å²) >= 11 is 0. The van der Waals surface area contributed by atoms with Crippen molar-refractivity contribution in [3.63, 3.8) is 0 Å². The third-order valence-corrected chi connectivity index (χ3v) is 2.71. The van der Waals surface area contributed by atoms with E-state index in [1.807, 2.05) is 11.7 Å². The fourth-order valence-corrected chi connectivity index (χ4v) is 2.24. The van der Waals surface area contributed by atoms with Crippen LogP contribution in [0.3, 0.4) is 0 Å². The second-order valence-electron chi connectivity index (χ2n) is 4.82. The van der Waals surface area contributed by atoms with Gasteiger partial charge in [0.1, 0.15) is 5.82 Å². The van der Waals surface area contributed by atoms with Gasteiger partial charge in [0.05, 0.1) is 5.69 Å². The molecule has 4 heteroatoms. The minimum absolute atomic E-state index is 0.644. The molecule has 4 nitrogen and oxygen atoms in total. The van der Waals surface area contributed by atoms with Gasteiger partial charge in [0.25, 0.3) is 0 Å². The molecule has 16 heavy (non-hydrogen) atoms. The molecule has 92 valence electrons. The normalized spacial score (nSPS) is 11.2. The highest BCUT2D eigenvalue weighted by molar-refractivity contribution is 5.49. The standard InChI is InChI=1S/C12H24N4/c1-9(2)8-15(4)12-11(6-7-13)10(3)14-16(12)5/h9H,6-8,13H2,1-5H3. The number of hydrogen-bond acceptors (Lipinski definition) is 3. The summed E-state index contributed by atoms with van der Waals surface area (Å²) < 4.78 is 1.96. The van der Waals surface area contributed by atoms with Crippen molar-refractivity contribution in [1.29, 1.82) is 0 Å². The van der Waals surface area contributed by atoms with Gasteiger partial charge in [0, 0.05) is 26.2 Å². The lowest BCUT2D eigenvalue weighted by Crippen LogP contribution is -2.26. The monoisotopic (exact) mass is 224 g/mol. The molecule has 0 aliphatic carbocycles. The van der Waals surface area contributed by atoms with E-state index in [1.165, 1.54) is 11.4 Å². The highest BCUT2D eigenvalue weighted by Gasteiger charge is 2.16. The zero-order valence-electron chi connectivity index (χ0n) is 11.1. The van der Waals surface area contributed by atoms with Gasteiger partial charge in [0.15, 0.2) is 0 Å². The third-order valence-electron chi connectivity index (χ3n) is 2.71. The van der Waals surface area contributed by atoms with Gasteiger partial charge in [-0.2, -0.15) is 5.10 Å². The maximum atomic E-state index is 5.65. The van der Waals surface area contributed by atoms with E-state index in [-0.39, 0.29) is 0 Å². The van der Waals surface area contributed by atoms with E-state index >= 15 is 0 Å². The molecule has 0 radical (unpaired) electrons. The van der Waals surface area contributed by atoms with Crippen LogP contribution in [0, 0.1) is 12.8 Å². The molecule has 0 aliphatic heterocycles. The quantitative estimate of drug-likeness (QED) is 0.820. The Hall–Kier alpha value is -1.03. The van der Waals surface area contributed by atoms with Crippen molar-refractivity contribution in [3.8, 4) is 0 Å². The Morgan fingerprint density at radius 3 is 2.56 bits per heavy atom. The van der Waals surface area contributed by atoms with Gasteiger partial charge >= 0.3 is 0 Å². The van der Waals surface area contributed by atoms with Crippen molar-refractivity contribution in [2.75, 3.05) is 25.0 Å². The Balaban J connectivity index is 3.00. The fourth-order valence-electron chi connectivity index (χ4n) is 2.24. The lowest BCUT2D eigenvalue weighted by molar-refractivity contribution is 0.618. The maximum absolute atomic E-state index is 5.65. The van der Waals surface area contributed by atoms with E-state index in [1.54, 1.807) is 0 Å². The molecule has 0 bridgehead atoms. The van der Waals surface area contributed by atoms with Crippen LogP contribution in [0.25, 0.3) is 0 Å². The van der Waals surface area contributed by atoms with Crippen molar-refractivity contribution >= 4 is 5.82 Å². The van der Waals surface area contributed by atoms with Crippen LogP contribution in [-0.2, 0) is 13.5 Å². The molecule has 0 fully saturated rings. The minimum atomic E-state index is 0.644. The number of aromatic nitrogens is 2. The number of rotatable bonds is 5. The topological polar surface area (TPSA) is 47.1 Å². The fraction of sp³-hybridized carbons (Fsp3) is 0.750. The number of nitrogens with zero attached hydrogens (tertiary/aromatic N) is 3. The van der Waals surface area contributed by atoms with Crippen LogP contribution in [0.1, 0.15) is 25.1 Å². The smallest absolute Gasteiger partial charge is 0.129 e. The van der Waals surface area contributed by atoms with Gasteiger partial charge < -0.3 is 10.6 Å². The molecule has 0 spiro atoms. The van der Waals surface area contributed by atoms with Crippen molar-refractivity contribution in [3.05, 3.63) is 11.3 Å². The Morgan fingerprint density at radius 1 is 1.44 bits per heavy atom. The number of aryl methyl sites for hydroxylation is 2. The largest absolute Gasteiger partial charge is 0.359 e. The maximum Gasteiger partial charge on any atom is 0.129 e. The summed E-state index contributed by atoms with van der Waals surface area (Å²) in [5.41, 5.74) is 8.03. The summed E-state index contributed by atoms with van der Waals surface area (Å²) in [4.78, 5) is 2.27. The summed E-state index contributed by atoms with van der Waals surface area (Å²) in [6, 6.07) is 0. The Morgan fingerprint density at radius 2 is 2.06 bits per heavy atom. The van der Waals surface area contributed by atoms with Gasteiger partial charge in [-0.05, 0) is 25.8 Å². The molecule has 2 N–H and O–H groups in total. The van der Waals surface area contributed by atoms with Crippen LogP contribution >= 0.6 is 0 Å². The Bertz CT molecular complexity index is 341. The van der Waals surface area contributed by atoms with Crippen LogP contribution < -0.4 is 10.6 Å². The highest BCUT2D eigenvalue weighted by Crippen LogP contribution is 2.23. The van der Waals surface area contributed by atoms with Crippen LogP contribution in [0.2, 0.25) is 0 Å². The van der Waals surface area contributed by atoms with Crippen molar-refractivity contribution in [1.82, 2.24) is 9.78 Å². The number of anilines is 1. The van der Waals surface area contributed by atoms with Crippen LogP contribution in [0.5, 0.6) is 0 Å². The van der Waals surface area contributed by atoms with E-state index in [9.17, 15) is 0 Å². The second kappa shape index (κ2) is 5.34. The first-order valence-electron chi connectivity index (χ1n) is 5.91. The molecule has 0 atom stereocenters. The molecule has 0 saturated heterocycles. The van der Waals surface area contributed by atoms with Crippen LogP contribution in [-0.4, -0.2) is 29.9 Å². The molecule has 0 aromatic carbocycles. The lowest BCUT2D eigenvalue weighted by Gasteiger charge is -2.23. The van der Waals surface area contributed by atoms with E-state index in [0.717, 1.165) is 18.7 Å². The van der Waals surface area contributed by atoms with Gasteiger partial charge in [-0.1, -0.05) is 13.8 Å². The third kappa shape index (κ3) is 2.76. The average molecular weight is 224 g/mol. The first-order chi connectivity index (χ1) is 7.47. The molecular weight excluding hydrogens is 200 g/mol. The van der Waals surface area contributed by atoms with Crippen molar-refractivity contribution in [2.24, 2.45) is 18.7 Å². The summed E-state index contributed by atoms with van der Waals surface area (Å²) in [5, 5.41) is 4.48. The second-order valence-corrected chi connectivity index (χ2v) is 4.82. The van der Waals surface area contributed by atoms with Crippen LogP contribution in [0.4, 0.5) is 5.82 Å². The average Bonchev–Trinajstić information content (AvgIpc) is 2.41. The zero-order valence-corrected chi connectivity index (χ0v) is 11.1. The van der Waals surface area contributed by atoms with Gasteiger partial charge in [0.2, 0.25) is 0 Å². The lowest BCUT2D eigenvalue weighted by atomic mass is 10.1. The number of nitrogens with two attached hydrogens (primary N) is 1. The number of hydrogen-bond donors (Lipinski definition) is 1. The van der Waals surface area contributed by atoms with Gasteiger partial charge in [-0.15, -0.1) is 0 Å². The predicted molar refractivity (Wildman–Crippen MR) is 68.8 cm³/mol. The molecule has 1 aromatic rings. The van der Waals surface area contributed by atoms with Crippen molar-refractivity contribution in [2.45, 2.75) is 27.2 Å². The van der Waals surface area contributed by atoms with E-state index in [4.69, 9.17) is 5.73 Å². The van der Waals surface area contributed by atoms with Crippen LogP contribution in [0.15, 0.2) is 0 Å². The first-order valence-corrected chi connectivity index (χ1v) is 5.91. The van der Waals surface area contributed by atoms with E-state index < -0.39 is 0 Å². The molecule has 1 rings (SSSR count). The SMILES string of the molecule is Cc1nn(C)c(N(C)CC(C)C)c1CCN. The Kier molecular flexibility index (Phi) is 4.35. The molecule has 0 aliphatic rings.